The molecule has 1 saturated carbocycles. The standard InChI is InChI=1S/C16H19F2NO4/c1-15(2,3)23-14(21)19-9-16(4-5-16)22-13-10(8-20)6-11(17)7-12(13)18/h6-8H,4-5,9H2,1-3H3,(H,19,21). The van der Waals surface area contributed by atoms with Gasteiger partial charge >= 0.3 is 6.09 Å². The molecule has 0 unspecified atom stereocenters. The Labute approximate surface area is 133 Å². The summed E-state index contributed by atoms with van der Waals surface area (Å²) in [4.78, 5) is 22.6. The fourth-order valence-electron chi connectivity index (χ4n) is 1.99. The number of carbonyl (C=O) groups excluding carboxylic acids is 2. The van der Waals surface area contributed by atoms with Gasteiger partial charge in [0.1, 0.15) is 17.0 Å². The number of halogens is 2. The lowest BCUT2D eigenvalue weighted by Gasteiger charge is -2.23. The van der Waals surface area contributed by atoms with Crippen molar-refractivity contribution in [3.05, 3.63) is 29.3 Å². The number of hydrogen-bond acceptors (Lipinski definition) is 4. The molecule has 0 aliphatic heterocycles. The van der Waals surface area contributed by atoms with Crippen LogP contribution in [0.25, 0.3) is 0 Å². The summed E-state index contributed by atoms with van der Waals surface area (Å²) in [5.41, 5.74) is -1.63. The fourth-order valence-corrected chi connectivity index (χ4v) is 1.99. The summed E-state index contributed by atoms with van der Waals surface area (Å²) in [7, 11) is 0. The summed E-state index contributed by atoms with van der Waals surface area (Å²) < 4.78 is 37.6. The Morgan fingerprint density at radius 2 is 2.00 bits per heavy atom. The molecule has 1 aliphatic carbocycles. The highest BCUT2D eigenvalue weighted by Gasteiger charge is 2.47. The van der Waals surface area contributed by atoms with Gasteiger partial charge in [-0.05, 0) is 39.7 Å². The average Bonchev–Trinajstić information content (AvgIpc) is 3.18. The Morgan fingerprint density at radius 3 is 2.52 bits per heavy atom. The van der Waals surface area contributed by atoms with Crippen LogP contribution in [-0.4, -0.2) is 30.1 Å². The summed E-state index contributed by atoms with van der Waals surface area (Å²) in [6.45, 7) is 5.32. The summed E-state index contributed by atoms with van der Waals surface area (Å²) in [6.07, 6.45) is 0.886. The maximum atomic E-state index is 13.8. The van der Waals surface area contributed by atoms with E-state index in [9.17, 15) is 18.4 Å². The maximum absolute atomic E-state index is 13.8. The number of rotatable bonds is 5. The van der Waals surface area contributed by atoms with Gasteiger partial charge in [-0.2, -0.15) is 0 Å². The highest BCUT2D eigenvalue weighted by Crippen LogP contribution is 2.41. The van der Waals surface area contributed by atoms with Gasteiger partial charge in [0.2, 0.25) is 0 Å². The molecule has 5 nitrogen and oxygen atoms in total. The Morgan fingerprint density at radius 1 is 1.35 bits per heavy atom. The Kier molecular flexibility index (Phi) is 4.58. The van der Waals surface area contributed by atoms with Gasteiger partial charge in [0.05, 0.1) is 12.1 Å². The van der Waals surface area contributed by atoms with E-state index in [0.29, 0.717) is 25.2 Å². The lowest BCUT2D eigenvalue weighted by Crippen LogP contribution is -2.40. The second kappa shape index (κ2) is 6.14. The van der Waals surface area contributed by atoms with Crippen LogP contribution in [0.3, 0.4) is 0 Å². The van der Waals surface area contributed by atoms with Crippen molar-refractivity contribution in [1.82, 2.24) is 5.32 Å². The lowest BCUT2D eigenvalue weighted by atomic mass is 10.2. The normalized spacial score (nSPS) is 15.7. The predicted octanol–water partition coefficient (Wildman–Crippen LogP) is 3.21. The largest absolute Gasteiger partial charge is 0.482 e. The third-order valence-corrected chi connectivity index (χ3v) is 3.24. The minimum Gasteiger partial charge on any atom is -0.482 e. The molecule has 0 radical (unpaired) electrons. The Hall–Kier alpha value is -2.18. The molecule has 0 spiro atoms. The van der Waals surface area contributed by atoms with E-state index in [2.05, 4.69) is 5.32 Å². The van der Waals surface area contributed by atoms with Crippen LogP contribution in [-0.2, 0) is 4.74 Å². The van der Waals surface area contributed by atoms with Crippen LogP contribution >= 0.6 is 0 Å². The highest BCUT2D eigenvalue weighted by molar-refractivity contribution is 5.79. The van der Waals surface area contributed by atoms with Gasteiger partial charge in [0.25, 0.3) is 0 Å². The zero-order chi connectivity index (χ0) is 17.3. The van der Waals surface area contributed by atoms with E-state index in [0.717, 1.165) is 6.07 Å². The minimum atomic E-state index is -0.948. The molecule has 1 fully saturated rings. The number of alkyl carbamates (subject to hydrolysis) is 1. The van der Waals surface area contributed by atoms with Crippen LogP contribution in [0, 0.1) is 11.6 Å². The molecule has 0 heterocycles. The SMILES string of the molecule is CC(C)(C)OC(=O)NCC1(Oc2c(F)cc(F)cc2C=O)CC1. The molecule has 0 atom stereocenters. The molecule has 1 aromatic rings. The van der Waals surface area contributed by atoms with Crippen LogP contribution in [0.4, 0.5) is 13.6 Å². The Bertz CT molecular complexity index is 621. The van der Waals surface area contributed by atoms with Gasteiger partial charge in [0, 0.05) is 6.07 Å². The summed E-state index contributed by atoms with van der Waals surface area (Å²) in [5.74, 6) is -2.10. The molecule has 7 heteroatoms. The quantitative estimate of drug-likeness (QED) is 0.844. The van der Waals surface area contributed by atoms with Crippen molar-refractivity contribution in [1.29, 1.82) is 0 Å². The zero-order valence-electron chi connectivity index (χ0n) is 13.2. The summed E-state index contributed by atoms with van der Waals surface area (Å²) in [5, 5.41) is 2.56. The topological polar surface area (TPSA) is 64.6 Å². The molecule has 1 N–H and O–H groups in total. The van der Waals surface area contributed by atoms with Crippen LogP contribution < -0.4 is 10.1 Å². The molecule has 23 heavy (non-hydrogen) atoms. The second-order valence-electron chi connectivity index (χ2n) is 6.56. The number of ether oxygens (including phenoxy) is 2. The first-order chi connectivity index (χ1) is 10.6. The van der Waals surface area contributed by atoms with E-state index in [-0.39, 0.29) is 17.9 Å². The van der Waals surface area contributed by atoms with E-state index in [1.54, 1.807) is 20.8 Å². The summed E-state index contributed by atoms with van der Waals surface area (Å²) in [6, 6.07) is 1.56. The van der Waals surface area contributed by atoms with E-state index in [4.69, 9.17) is 9.47 Å². The first kappa shape index (κ1) is 17.2. The van der Waals surface area contributed by atoms with E-state index < -0.39 is 28.9 Å². The maximum Gasteiger partial charge on any atom is 0.407 e. The van der Waals surface area contributed by atoms with Crippen molar-refractivity contribution < 1.29 is 27.8 Å². The number of benzene rings is 1. The van der Waals surface area contributed by atoms with Gasteiger partial charge in [0.15, 0.2) is 17.9 Å². The number of amides is 1. The molecule has 0 aromatic heterocycles. The molecular formula is C16H19F2NO4. The molecule has 1 aliphatic rings. The van der Waals surface area contributed by atoms with Gasteiger partial charge in [-0.15, -0.1) is 0 Å². The number of carbonyl (C=O) groups is 2. The fraction of sp³-hybridized carbons (Fsp3) is 0.500. The molecule has 0 saturated heterocycles. The number of nitrogens with one attached hydrogen (secondary N) is 1. The highest BCUT2D eigenvalue weighted by atomic mass is 19.1. The summed E-state index contributed by atoms with van der Waals surface area (Å²) >= 11 is 0. The van der Waals surface area contributed by atoms with E-state index >= 15 is 0 Å². The smallest absolute Gasteiger partial charge is 0.407 e. The average molecular weight is 327 g/mol. The molecule has 1 aromatic carbocycles. The van der Waals surface area contributed by atoms with Gasteiger partial charge in [-0.25, -0.2) is 13.6 Å². The predicted molar refractivity (Wildman–Crippen MR) is 78.6 cm³/mol. The zero-order valence-corrected chi connectivity index (χ0v) is 13.2. The van der Waals surface area contributed by atoms with E-state index in [1.807, 2.05) is 0 Å². The van der Waals surface area contributed by atoms with Crippen molar-refractivity contribution in [2.75, 3.05) is 6.54 Å². The number of aldehydes is 1. The van der Waals surface area contributed by atoms with Gasteiger partial charge in [-0.3, -0.25) is 4.79 Å². The molecule has 126 valence electrons. The monoisotopic (exact) mass is 327 g/mol. The van der Waals surface area contributed by atoms with Gasteiger partial charge < -0.3 is 14.8 Å². The molecule has 1 amide bonds. The van der Waals surface area contributed by atoms with Crippen molar-refractivity contribution >= 4 is 12.4 Å². The molecule has 2 rings (SSSR count). The third-order valence-electron chi connectivity index (χ3n) is 3.24. The van der Waals surface area contributed by atoms with Crippen LogP contribution in [0.5, 0.6) is 5.75 Å². The van der Waals surface area contributed by atoms with Crippen molar-refractivity contribution in [3.8, 4) is 5.75 Å². The van der Waals surface area contributed by atoms with Crippen LogP contribution in [0.1, 0.15) is 44.0 Å². The second-order valence-corrected chi connectivity index (χ2v) is 6.56. The van der Waals surface area contributed by atoms with E-state index in [1.165, 1.54) is 0 Å². The van der Waals surface area contributed by atoms with Gasteiger partial charge in [-0.1, -0.05) is 0 Å². The first-order valence-electron chi connectivity index (χ1n) is 7.24. The van der Waals surface area contributed by atoms with Crippen molar-refractivity contribution in [2.24, 2.45) is 0 Å². The number of hydrogen-bond donors (Lipinski definition) is 1. The molecule has 0 bridgehead atoms. The Balaban J connectivity index is 2.03. The molecular weight excluding hydrogens is 308 g/mol. The first-order valence-corrected chi connectivity index (χ1v) is 7.24. The lowest BCUT2D eigenvalue weighted by molar-refractivity contribution is 0.0489. The van der Waals surface area contributed by atoms with Crippen LogP contribution in [0.2, 0.25) is 0 Å². The van der Waals surface area contributed by atoms with Crippen molar-refractivity contribution in [3.63, 3.8) is 0 Å². The van der Waals surface area contributed by atoms with Crippen LogP contribution in [0.15, 0.2) is 12.1 Å². The van der Waals surface area contributed by atoms with Crippen molar-refractivity contribution in [2.45, 2.75) is 44.8 Å². The minimum absolute atomic E-state index is 0.108. The third kappa shape index (κ3) is 4.64.